The van der Waals surface area contributed by atoms with Crippen molar-refractivity contribution in [3.05, 3.63) is 35.6 Å². The van der Waals surface area contributed by atoms with Gasteiger partial charge in [-0.3, -0.25) is 9.59 Å². The molecule has 24 heavy (non-hydrogen) atoms. The number of carbonyl (C=O) groups excluding carboxylic acids is 2. The van der Waals surface area contributed by atoms with E-state index in [4.69, 9.17) is 0 Å². The van der Waals surface area contributed by atoms with Gasteiger partial charge in [0, 0.05) is 31.7 Å². The van der Waals surface area contributed by atoms with Crippen molar-refractivity contribution in [2.75, 3.05) is 39.8 Å². The normalized spacial score (nSPS) is 25.4. The molecule has 0 saturated carbocycles. The zero-order valence-electron chi connectivity index (χ0n) is 13.9. The second-order valence-corrected chi connectivity index (χ2v) is 7.73. The zero-order chi connectivity index (χ0) is 17.3. The molecule has 0 bridgehead atoms. The molecule has 1 aromatic carbocycles. The minimum atomic E-state index is -0.440. The third-order valence-corrected chi connectivity index (χ3v) is 5.96. The topological polar surface area (TPSA) is 43.9 Å². The molecular formula is C17H22FN3O2S. The summed E-state index contributed by atoms with van der Waals surface area (Å²) in [6, 6.07) is 6.46. The second-order valence-electron chi connectivity index (χ2n) is 6.30. The van der Waals surface area contributed by atoms with E-state index in [1.165, 1.54) is 22.7 Å². The molecule has 2 atom stereocenters. The van der Waals surface area contributed by atoms with Gasteiger partial charge in [0.25, 0.3) is 0 Å². The maximum Gasteiger partial charge on any atom is 0.242 e. The summed E-state index contributed by atoms with van der Waals surface area (Å²) in [7, 11) is 2.03. The third kappa shape index (κ3) is 3.42. The standard InChI is InChI=1S/C17H22FN3O2S/c1-12-16(23)21(11-15(22)20-9-7-19(2)8-10-20)17(24-12)13-5-3-4-6-14(13)18/h3-6,12,17H,7-11H2,1-2H3. The summed E-state index contributed by atoms with van der Waals surface area (Å²) < 4.78 is 14.2. The fourth-order valence-electron chi connectivity index (χ4n) is 3.05. The molecule has 2 fully saturated rings. The minimum absolute atomic E-state index is 0.0128. The van der Waals surface area contributed by atoms with Crippen molar-refractivity contribution in [2.45, 2.75) is 17.5 Å². The average molecular weight is 351 g/mol. The van der Waals surface area contributed by atoms with E-state index in [1.807, 2.05) is 7.05 Å². The summed E-state index contributed by atoms with van der Waals surface area (Å²) in [5.74, 6) is -0.503. The quantitative estimate of drug-likeness (QED) is 0.829. The lowest BCUT2D eigenvalue weighted by atomic mass is 10.2. The highest BCUT2D eigenvalue weighted by molar-refractivity contribution is 8.01. The van der Waals surface area contributed by atoms with Gasteiger partial charge in [-0.1, -0.05) is 18.2 Å². The number of piperazine rings is 1. The molecule has 2 heterocycles. The van der Waals surface area contributed by atoms with Crippen molar-refractivity contribution in [2.24, 2.45) is 0 Å². The van der Waals surface area contributed by atoms with Crippen LogP contribution in [0.3, 0.4) is 0 Å². The zero-order valence-corrected chi connectivity index (χ0v) is 14.8. The molecule has 3 rings (SSSR count). The van der Waals surface area contributed by atoms with E-state index in [1.54, 1.807) is 30.0 Å². The number of rotatable bonds is 3. The van der Waals surface area contributed by atoms with Gasteiger partial charge in [0.15, 0.2) is 0 Å². The van der Waals surface area contributed by atoms with Gasteiger partial charge in [0.2, 0.25) is 11.8 Å². The number of thioether (sulfide) groups is 1. The lowest BCUT2D eigenvalue weighted by Crippen LogP contribution is -2.50. The first-order valence-electron chi connectivity index (χ1n) is 8.14. The van der Waals surface area contributed by atoms with Gasteiger partial charge >= 0.3 is 0 Å². The Kier molecular flexibility index (Phi) is 5.10. The summed E-state index contributed by atoms with van der Waals surface area (Å²) in [5.41, 5.74) is 0.464. The Morgan fingerprint density at radius 3 is 2.58 bits per heavy atom. The van der Waals surface area contributed by atoms with Crippen LogP contribution in [0.4, 0.5) is 4.39 Å². The summed E-state index contributed by atoms with van der Waals surface area (Å²) in [6.45, 7) is 4.83. The van der Waals surface area contributed by atoms with Gasteiger partial charge in [-0.25, -0.2) is 4.39 Å². The molecule has 0 aliphatic carbocycles. The highest BCUT2D eigenvalue weighted by Crippen LogP contribution is 2.43. The SMILES string of the molecule is CC1SC(c2ccccc2F)N(CC(=O)N2CCN(C)CC2)C1=O. The van der Waals surface area contributed by atoms with Crippen LogP contribution in [0.15, 0.2) is 24.3 Å². The average Bonchev–Trinajstić information content (AvgIpc) is 2.84. The van der Waals surface area contributed by atoms with Crippen molar-refractivity contribution in [3.8, 4) is 0 Å². The molecule has 130 valence electrons. The van der Waals surface area contributed by atoms with E-state index in [0.717, 1.165) is 13.1 Å². The van der Waals surface area contributed by atoms with Gasteiger partial charge in [-0.05, 0) is 20.0 Å². The predicted molar refractivity (Wildman–Crippen MR) is 92.0 cm³/mol. The molecule has 7 heteroatoms. The molecule has 2 saturated heterocycles. The molecule has 2 unspecified atom stereocenters. The maximum absolute atomic E-state index is 14.2. The number of amides is 2. The first-order valence-corrected chi connectivity index (χ1v) is 9.08. The largest absolute Gasteiger partial charge is 0.339 e. The Morgan fingerprint density at radius 1 is 1.25 bits per heavy atom. The number of benzene rings is 1. The van der Waals surface area contributed by atoms with Crippen LogP contribution in [0.2, 0.25) is 0 Å². The molecule has 0 aromatic heterocycles. The molecule has 0 N–H and O–H groups in total. The lowest BCUT2D eigenvalue weighted by molar-refractivity contribution is -0.140. The smallest absolute Gasteiger partial charge is 0.242 e. The Morgan fingerprint density at radius 2 is 1.92 bits per heavy atom. The highest BCUT2D eigenvalue weighted by atomic mass is 32.2. The van der Waals surface area contributed by atoms with Gasteiger partial charge < -0.3 is 14.7 Å². The fourth-order valence-corrected chi connectivity index (χ4v) is 4.35. The van der Waals surface area contributed by atoms with Crippen LogP contribution in [0, 0.1) is 5.82 Å². The fraction of sp³-hybridized carbons (Fsp3) is 0.529. The van der Waals surface area contributed by atoms with Crippen LogP contribution in [-0.2, 0) is 9.59 Å². The van der Waals surface area contributed by atoms with Crippen molar-refractivity contribution in [3.63, 3.8) is 0 Å². The molecule has 5 nitrogen and oxygen atoms in total. The molecule has 2 aliphatic heterocycles. The summed E-state index contributed by atoms with van der Waals surface area (Å²) in [6.07, 6.45) is 0. The maximum atomic E-state index is 14.2. The van der Waals surface area contributed by atoms with Crippen LogP contribution < -0.4 is 0 Å². The number of nitrogens with zero attached hydrogens (tertiary/aromatic N) is 3. The van der Waals surface area contributed by atoms with E-state index >= 15 is 0 Å². The van der Waals surface area contributed by atoms with Crippen LogP contribution in [0.5, 0.6) is 0 Å². The van der Waals surface area contributed by atoms with Crippen LogP contribution in [0.1, 0.15) is 17.9 Å². The Labute approximate surface area is 145 Å². The monoisotopic (exact) mass is 351 g/mol. The van der Waals surface area contributed by atoms with Gasteiger partial charge in [-0.2, -0.15) is 0 Å². The number of hydrogen-bond acceptors (Lipinski definition) is 4. The summed E-state index contributed by atoms with van der Waals surface area (Å²) in [5, 5.41) is -0.708. The van der Waals surface area contributed by atoms with Crippen LogP contribution in [-0.4, -0.2) is 71.5 Å². The number of carbonyl (C=O) groups is 2. The number of hydrogen-bond donors (Lipinski definition) is 0. The highest BCUT2D eigenvalue weighted by Gasteiger charge is 2.41. The Hall–Kier alpha value is -1.60. The van der Waals surface area contributed by atoms with Crippen LogP contribution in [0.25, 0.3) is 0 Å². The van der Waals surface area contributed by atoms with Crippen molar-refractivity contribution < 1.29 is 14.0 Å². The Balaban J connectivity index is 1.75. The van der Waals surface area contributed by atoms with E-state index in [2.05, 4.69) is 4.90 Å². The van der Waals surface area contributed by atoms with E-state index in [9.17, 15) is 14.0 Å². The third-order valence-electron chi connectivity index (χ3n) is 4.58. The van der Waals surface area contributed by atoms with Crippen molar-refractivity contribution in [1.29, 1.82) is 0 Å². The molecular weight excluding hydrogens is 329 g/mol. The number of halogens is 1. The van der Waals surface area contributed by atoms with E-state index in [0.29, 0.717) is 18.7 Å². The molecule has 1 aromatic rings. The first kappa shape index (κ1) is 17.2. The minimum Gasteiger partial charge on any atom is -0.339 e. The molecule has 0 spiro atoms. The molecule has 2 aliphatic rings. The number of likely N-dealkylation sites (N-methyl/N-ethyl adjacent to an activating group) is 1. The van der Waals surface area contributed by atoms with Gasteiger partial charge in [-0.15, -0.1) is 11.8 Å². The van der Waals surface area contributed by atoms with Crippen molar-refractivity contribution in [1.82, 2.24) is 14.7 Å². The van der Waals surface area contributed by atoms with Crippen LogP contribution >= 0.6 is 11.8 Å². The van der Waals surface area contributed by atoms with Gasteiger partial charge in [0.1, 0.15) is 17.7 Å². The molecule has 2 amide bonds. The predicted octanol–water partition coefficient (Wildman–Crippen LogP) is 1.56. The van der Waals surface area contributed by atoms with Gasteiger partial charge in [0.05, 0.1) is 5.25 Å². The van der Waals surface area contributed by atoms with E-state index in [-0.39, 0.29) is 29.4 Å². The molecule has 0 radical (unpaired) electrons. The Bertz CT molecular complexity index is 634. The summed E-state index contributed by atoms with van der Waals surface area (Å²) >= 11 is 1.40. The summed E-state index contributed by atoms with van der Waals surface area (Å²) in [4.78, 5) is 30.5. The second kappa shape index (κ2) is 7.11. The lowest BCUT2D eigenvalue weighted by Gasteiger charge is -2.34. The van der Waals surface area contributed by atoms with Crippen molar-refractivity contribution >= 4 is 23.6 Å². The van der Waals surface area contributed by atoms with E-state index < -0.39 is 5.37 Å². The first-order chi connectivity index (χ1) is 11.5.